The SMILES string of the molecule is CN(C)CCCNCc1ccc2c(-c3ccccc3)nc3ccccc3n12. The first kappa shape index (κ1) is 17.7. The van der Waals surface area contributed by atoms with Crippen molar-refractivity contribution < 1.29 is 0 Å². The Morgan fingerprint density at radius 2 is 1.67 bits per heavy atom. The number of rotatable bonds is 7. The van der Waals surface area contributed by atoms with E-state index in [1.807, 2.05) is 6.07 Å². The predicted octanol–water partition coefficient (Wildman–Crippen LogP) is 4.20. The van der Waals surface area contributed by atoms with Crippen molar-refractivity contribution in [3.63, 3.8) is 0 Å². The number of fused-ring (bicyclic) bond motifs is 3. The molecule has 2 aromatic carbocycles. The highest BCUT2D eigenvalue weighted by Crippen LogP contribution is 2.28. The highest BCUT2D eigenvalue weighted by Gasteiger charge is 2.13. The third-order valence-electron chi connectivity index (χ3n) is 4.87. The van der Waals surface area contributed by atoms with Gasteiger partial charge in [-0.2, -0.15) is 0 Å². The van der Waals surface area contributed by atoms with Crippen molar-refractivity contribution in [2.75, 3.05) is 27.2 Å². The summed E-state index contributed by atoms with van der Waals surface area (Å²) in [4.78, 5) is 7.19. The fraction of sp³-hybridized carbons (Fsp3) is 0.261. The monoisotopic (exact) mass is 358 g/mol. The molecule has 27 heavy (non-hydrogen) atoms. The molecule has 4 aromatic rings. The van der Waals surface area contributed by atoms with Crippen molar-refractivity contribution in [2.45, 2.75) is 13.0 Å². The van der Waals surface area contributed by atoms with Crippen molar-refractivity contribution in [1.29, 1.82) is 0 Å². The van der Waals surface area contributed by atoms with Crippen molar-refractivity contribution in [3.05, 3.63) is 72.4 Å². The smallest absolute Gasteiger partial charge is 0.0950 e. The van der Waals surface area contributed by atoms with Crippen LogP contribution in [0.15, 0.2) is 66.7 Å². The Morgan fingerprint density at radius 1 is 0.889 bits per heavy atom. The summed E-state index contributed by atoms with van der Waals surface area (Å²) >= 11 is 0. The maximum absolute atomic E-state index is 4.97. The third-order valence-corrected chi connectivity index (χ3v) is 4.87. The fourth-order valence-electron chi connectivity index (χ4n) is 3.56. The first-order valence-corrected chi connectivity index (χ1v) is 9.54. The molecule has 2 aromatic heterocycles. The van der Waals surface area contributed by atoms with Crippen molar-refractivity contribution in [1.82, 2.24) is 19.6 Å². The first-order chi connectivity index (χ1) is 13.2. The molecule has 0 bridgehead atoms. The van der Waals surface area contributed by atoms with E-state index in [0.717, 1.165) is 53.9 Å². The second-order valence-corrected chi connectivity index (χ2v) is 7.19. The first-order valence-electron chi connectivity index (χ1n) is 9.54. The summed E-state index contributed by atoms with van der Waals surface area (Å²) in [5.74, 6) is 0. The van der Waals surface area contributed by atoms with Crippen LogP contribution in [0, 0.1) is 0 Å². The molecule has 0 aliphatic carbocycles. The molecule has 0 saturated heterocycles. The molecule has 138 valence electrons. The molecular formula is C23H26N4. The van der Waals surface area contributed by atoms with E-state index in [0.29, 0.717) is 0 Å². The van der Waals surface area contributed by atoms with Crippen LogP contribution < -0.4 is 5.32 Å². The van der Waals surface area contributed by atoms with E-state index in [9.17, 15) is 0 Å². The Bertz CT molecular complexity index is 1030. The van der Waals surface area contributed by atoms with Crippen LogP contribution in [0.5, 0.6) is 0 Å². The van der Waals surface area contributed by atoms with E-state index >= 15 is 0 Å². The van der Waals surface area contributed by atoms with E-state index < -0.39 is 0 Å². The molecule has 0 radical (unpaired) electrons. The predicted molar refractivity (Wildman–Crippen MR) is 113 cm³/mol. The molecule has 2 heterocycles. The van der Waals surface area contributed by atoms with Gasteiger partial charge < -0.3 is 14.6 Å². The summed E-state index contributed by atoms with van der Waals surface area (Å²) < 4.78 is 2.35. The quantitative estimate of drug-likeness (QED) is 0.503. The zero-order valence-corrected chi connectivity index (χ0v) is 16.0. The Morgan fingerprint density at radius 3 is 2.48 bits per heavy atom. The number of aromatic nitrogens is 2. The van der Waals surface area contributed by atoms with Crippen molar-refractivity contribution in [3.8, 4) is 11.3 Å². The molecule has 0 unspecified atom stereocenters. The Hall–Kier alpha value is -2.69. The summed E-state index contributed by atoms with van der Waals surface area (Å²) in [5.41, 5.74) is 6.79. The molecule has 0 aliphatic heterocycles. The minimum Gasteiger partial charge on any atom is -0.311 e. The zero-order valence-electron chi connectivity index (χ0n) is 16.0. The maximum atomic E-state index is 4.97. The molecular weight excluding hydrogens is 332 g/mol. The summed E-state index contributed by atoms with van der Waals surface area (Å²) in [7, 11) is 4.23. The highest BCUT2D eigenvalue weighted by molar-refractivity contribution is 5.88. The second-order valence-electron chi connectivity index (χ2n) is 7.19. The summed E-state index contributed by atoms with van der Waals surface area (Å²) in [6.45, 7) is 2.97. The van der Waals surface area contributed by atoms with Gasteiger partial charge in [0.2, 0.25) is 0 Å². The lowest BCUT2D eigenvalue weighted by molar-refractivity contribution is 0.394. The van der Waals surface area contributed by atoms with Gasteiger partial charge in [-0.05, 0) is 57.9 Å². The van der Waals surface area contributed by atoms with Crippen molar-refractivity contribution in [2.24, 2.45) is 0 Å². The summed E-state index contributed by atoms with van der Waals surface area (Å²) in [5, 5.41) is 3.59. The number of para-hydroxylation sites is 2. The van der Waals surface area contributed by atoms with E-state index in [4.69, 9.17) is 4.98 Å². The van der Waals surface area contributed by atoms with Crippen LogP contribution in [0.25, 0.3) is 27.8 Å². The van der Waals surface area contributed by atoms with Gasteiger partial charge in [0, 0.05) is 17.8 Å². The number of hydrogen-bond acceptors (Lipinski definition) is 3. The Labute approximate surface area is 160 Å². The van der Waals surface area contributed by atoms with Gasteiger partial charge >= 0.3 is 0 Å². The van der Waals surface area contributed by atoms with Crippen LogP contribution in [-0.4, -0.2) is 41.5 Å². The van der Waals surface area contributed by atoms with Crippen LogP contribution in [-0.2, 0) is 6.54 Å². The lowest BCUT2D eigenvalue weighted by Gasteiger charge is -2.13. The van der Waals surface area contributed by atoms with Gasteiger partial charge in [0.1, 0.15) is 0 Å². The molecule has 0 saturated carbocycles. The number of nitrogens with one attached hydrogen (secondary N) is 1. The Balaban J connectivity index is 1.73. The average Bonchev–Trinajstić information content (AvgIpc) is 3.12. The number of benzene rings is 2. The van der Waals surface area contributed by atoms with Gasteiger partial charge in [0.25, 0.3) is 0 Å². The van der Waals surface area contributed by atoms with E-state index in [1.54, 1.807) is 0 Å². The standard InChI is InChI=1S/C23H26N4/c1-26(2)16-8-15-24-17-19-13-14-22-23(18-9-4-3-5-10-18)25-20-11-6-7-12-21(20)27(19)22/h3-7,9-14,24H,8,15-17H2,1-2H3. The molecule has 4 nitrogen and oxygen atoms in total. The van der Waals surface area contributed by atoms with Crippen LogP contribution in [0.3, 0.4) is 0 Å². The second kappa shape index (κ2) is 7.91. The molecule has 1 N–H and O–H groups in total. The van der Waals surface area contributed by atoms with Gasteiger partial charge in [-0.1, -0.05) is 42.5 Å². The maximum Gasteiger partial charge on any atom is 0.0950 e. The fourth-order valence-corrected chi connectivity index (χ4v) is 3.56. The average molecular weight is 358 g/mol. The van der Waals surface area contributed by atoms with Crippen LogP contribution in [0.2, 0.25) is 0 Å². The molecule has 0 atom stereocenters. The highest BCUT2D eigenvalue weighted by atomic mass is 15.1. The van der Waals surface area contributed by atoms with Crippen LogP contribution >= 0.6 is 0 Å². The number of hydrogen-bond donors (Lipinski definition) is 1. The molecule has 4 heteroatoms. The van der Waals surface area contributed by atoms with Gasteiger partial charge in [-0.25, -0.2) is 4.98 Å². The van der Waals surface area contributed by atoms with Crippen LogP contribution in [0.1, 0.15) is 12.1 Å². The minimum absolute atomic E-state index is 0.851. The largest absolute Gasteiger partial charge is 0.311 e. The zero-order chi connectivity index (χ0) is 18.6. The van der Waals surface area contributed by atoms with Gasteiger partial charge in [0.15, 0.2) is 0 Å². The van der Waals surface area contributed by atoms with E-state index in [1.165, 1.54) is 5.69 Å². The minimum atomic E-state index is 0.851. The van der Waals surface area contributed by atoms with E-state index in [2.05, 4.69) is 89.4 Å². The molecule has 0 aliphatic rings. The summed E-state index contributed by atoms with van der Waals surface area (Å²) in [6.07, 6.45) is 1.15. The Kier molecular flexibility index (Phi) is 5.19. The lowest BCUT2D eigenvalue weighted by Crippen LogP contribution is -2.21. The lowest BCUT2D eigenvalue weighted by atomic mass is 10.1. The normalized spacial score (nSPS) is 11.7. The van der Waals surface area contributed by atoms with Gasteiger partial charge in [-0.15, -0.1) is 0 Å². The van der Waals surface area contributed by atoms with Gasteiger partial charge in [-0.3, -0.25) is 0 Å². The summed E-state index contributed by atoms with van der Waals surface area (Å²) in [6, 6.07) is 23.2. The van der Waals surface area contributed by atoms with E-state index in [-0.39, 0.29) is 0 Å². The topological polar surface area (TPSA) is 32.6 Å². The molecule has 4 rings (SSSR count). The molecule has 0 fully saturated rings. The third kappa shape index (κ3) is 3.72. The molecule has 0 amide bonds. The number of nitrogens with zero attached hydrogens (tertiary/aromatic N) is 3. The van der Waals surface area contributed by atoms with Crippen LogP contribution in [0.4, 0.5) is 0 Å². The molecule has 0 spiro atoms. The van der Waals surface area contributed by atoms with Gasteiger partial charge in [0.05, 0.1) is 22.2 Å². The van der Waals surface area contributed by atoms with Crippen molar-refractivity contribution >= 4 is 16.6 Å².